The van der Waals surface area contributed by atoms with Crippen LogP contribution in [0.25, 0.3) is 0 Å². The molecule has 0 aromatic rings. The van der Waals surface area contributed by atoms with Gasteiger partial charge in [0, 0.05) is 0 Å². The number of rotatable bonds is 4. The molecular formula is C5H10F2O2S. The van der Waals surface area contributed by atoms with E-state index >= 15 is 0 Å². The van der Waals surface area contributed by atoms with Gasteiger partial charge in [-0.25, -0.2) is 0 Å². The molecule has 1 unspecified atom stereocenters. The molecule has 0 aliphatic heterocycles. The van der Waals surface area contributed by atoms with Gasteiger partial charge in [-0.3, -0.25) is 4.39 Å². The summed E-state index contributed by atoms with van der Waals surface area (Å²) in [5.74, 6) is -0.941. The maximum Gasteiger partial charge on any atom is 0.302 e. The van der Waals surface area contributed by atoms with E-state index in [1.54, 1.807) is 0 Å². The molecule has 0 aromatic carbocycles. The van der Waals surface area contributed by atoms with Gasteiger partial charge in [-0.15, -0.1) is 3.89 Å². The van der Waals surface area contributed by atoms with E-state index < -0.39 is 22.7 Å². The molecule has 5 heteroatoms. The van der Waals surface area contributed by atoms with Gasteiger partial charge < -0.3 is 0 Å². The van der Waals surface area contributed by atoms with Crippen LogP contribution < -0.4 is 0 Å². The minimum atomic E-state index is -4.40. The molecule has 0 spiro atoms. The van der Waals surface area contributed by atoms with Crippen molar-refractivity contribution in [3.05, 3.63) is 0 Å². The molecule has 0 N–H and O–H groups in total. The Kier molecular flexibility index (Phi) is 3.78. The molecular weight excluding hydrogens is 162 g/mol. The van der Waals surface area contributed by atoms with E-state index in [9.17, 15) is 16.7 Å². The van der Waals surface area contributed by atoms with Crippen LogP contribution in [0.1, 0.15) is 13.3 Å². The topological polar surface area (TPSA) is 34.1 Å². The predicted octanol–water partition coefficient (Wildman–Crippen LogP) is 1.28. The van der Waals surface area contributed by atoms with Gasteiger partial charge in [-0.1, -0.05) is 6.92 Å². The molecule has 0 heterocycles. The van der Waals surface area contributed by atoms with Crippen molar-refractivity contribution in [3.8, 4) is 0 Å². The third-order valence-electron chi connectivity index (χ3n) is 1.12. The van der Waals surface area contributed by atoms with Gasteiger partial charge in [-0.05, 0) is 12.3 Å². The van der Waals surface area contributed by atoms with Crippen LogP contribution in [0.5, 0.6) is 0 Å². The fraction of sp³-hybridized carbons (Fsp3) is 1.00. The van der Waals surface area contributed by atoms with Crippen LogP contribution in [-0.4, -0.2) is 20.8 Å². The maximum absolute atomic E-state index is 11.7. The third-order valence-corrected chi connectivity index (χ3v) is 1.84. The van der Waals surface area contributed by atoms with Crippen molar-refractivity contribution in [3.63, 3.8) is 0 Å². The lowest BCUT2D eigenvalue weighted by atomic mass is 10.1. The molecule has 10 heavy (non-hydrogen) atoms. The summed E-state index contributed by atoms with van der Waals surface area (Å²) in [6.45, 7) is 0.931. The summed E-state index contributed by atoms with van der Waals surface area (Å²) in [5.41, 5.74) is 0. The van der Waals surface area contributed by atoms with Gasteiger partial charge in [0.05, 0.1) is 12.4 Å². The van der Waals surface area contributed by atoms with Crippen molar-refractivity contribution in [2.45, 2.75) is 13.3 Å². The SMILES string of the molecule is CC(CF)CCS(=O)(=O)F. The zero-order chi connectivity index (χ0) is 8.20. The van der Waals surface area contributed by atoms with Crippen molar-refractivity contribution in [2.75, 3.05) is 12.4 Å². The quantitative estimate of drug-likeness (QED) is 0.598. The second-order valence-corrected chi connectivity index (χ2v) is 3.78. The Hall–Kier alpha value is -0.190. The molecule has 0 aromatic heterocycles. The average molecular weight is 172 g/mol. The molecule has 0 saturated heterocycles. The summed E-state index contributed by atoms with van der Waals surface area (Å²) in [7, 11) is -4.40. The normalized spacial score (nSPS) is 15.1. The Morgan fingerprint density at radius 1 is 1.50 bits per heavy atom. The zero-order valence-corrected chi connectivity index (χ0v) is 6.50. The summed E-state index contributed by atoms with van der Waals surface area (Å²) >= 11 is 0. The van der Waals surface area contributed by atoms with E-state index in [2.05, 4.69) is 0 Å². The van der Waals surface area contributed by atoms with Crippen LogP contribution in [-0.2, 0) is 10.2 Å². The molecule has 0 aliphatic rings. The third kappa shape index (κ3) is 5.94. The summed E-state index contributed by atoms with van der Waals surface area (Å²) in [4.78, 5) is 0. The monoisotopic (exact) mass is 172 g/mol. The summed E-state index contributed by atoms with van der Waals surface area (Å²) in [5, 5.41) is 0. The molecule has 62 valence electrons. The minimum absolute atomic E-state index is 0.0509. The minimum Gasteiger partial charge on any atom is -0.251 e. The van der Waals surface area contributed by atoms with Crippen molar-refractivity contribution >= 4 is 10.2 Å². The smallest absolute Gasteiger partial charge is 0.251 e. The lowest BCUT2D eigenvalue weighted by Gasteiger charge is -2.01. The Morgan fingerprint density at radius 2 is 2.00 bits per heavy atom. The largest absolute Gasteiger partial charge is 0.302 e. The van der Waals surface area contributed by atoms with E-state index in [1.165, 1.54) is 6.92 Å². The molecule has 2 nitrogen and oxygen atoms in total. The first-order valence-electron chi connectivity index (χ1n) is 2.94. The second kappa shape index (κ2) is 3.85. The summed E-state index contributed by atoms with van der Waals surface area (Å²) < 4.78 is 43.1. The Morgan fingerprint density at radius 3 is 2.30 bits per heavy atom. The predicted molar refractivity (Wildman–Crippen MR) is 34.7 cm³/mol. The Labute approximate surface area is 59.5 Å². The molecule has 0 radical (unpaired) electrons. The van der Waals surface area contributed by atoms with Gasteiger partial charge in [0.15, 0.2) is 0 Å². The summed E-state index contributed by atoms with van der Waals surface area (Å²) in [6.07, 6.45) is 0.0509. The standard InChI is InChI=1S/C5H10F2O2S/c1-5(4-6)2-3-10(7,8)9/h5H,2-4H2,1H3. The van der Waals surface area contributed by atoms with Gasteiger partial charge in [0.25, 0.3) is 0 Å². The molecule has 0 bridgehead atoms. The van der Waals surface area contributed by atoms with Gasteiger partial charge in [0.1, 0.15) is 0 Å². The molecule has 0 rings (SSSR count). The van der Waals surface area contributed by atoms with Crippen molar-refractivity contribution in [1.29, 1.82) is 0 Å². The number of hydrogen-bond acceptors (Lipinski definition) is 2. The van der Waals surface area contributed by atoms with E-state index in [1.807, 2.05) is 0 Å². The summed E-state index contributed by atoms with van der Waals surface area (Å²) in [6, 6.07) is 0. The van der Waals surface area contributed by atoms with Gasteiger partial charge in [0.2, 0.25) is 0 Å². The first-order chi connectivity index (χ1) is 4.45. The van der Waals surface area contributed by atoms with E-state index in [-0.39, 0.29) is 12.3 Å². The number of halogens is 2. The Balaban J connectivity index is 3.56. The van der Waals surface area contributed by atoms with Crippen LogP contribution in [0.4, 0.5) is 8.28 Å². The van der Waals surface area contributed by atoms with Crippen LogP contribution >= 0.6 is 0 Å². The number of alkyl halides is 1. The Bertz CT molecular complexity index is 176. The van der Waals surface area contributed by atoms with Crippen molar-refractivity contribution in [1.82, 2.24) is 0 Å². The van der Waals surface area contributed by atoms with E-state index in [0.29, 0.717) is 0 Å². The lowest BCUT2D eigenvalue weighted by molar-refractivity contribution is 0.374. The van der Waals surface area contributed by atoms with Crippen molar-refractivity contribution < 1.29 is 16.7 Å². The highest BCUT2D eigenvalue weighted by Gasteiger charge is 2.09. The average Bonchev–Trinajstić information content (AvgIpc) is 1.81. The fourth-order valence-corrected chi connectivity index (χ4v) is 1.10. The highest BCUT2D eigenvalue weighted by Crippen LogP contribution is 2.05. The molecule has 0 amide bonds. The van der Waals surface area contributed by atoms with E-state index in [0.717, 1.165) is 0 Å². The fourth-order valence-electron chi connectivity index (χ4n) is 0.419. The van der Waals surface area contributed by atoms with Crippen LogP contribution in [0.3, 0.4) is 0 Å². The molecule has 0 aliphatic carbocycles. The van der Waals surface area contributed by atoms with Gasteiger partial charge in [-0.2, -0.15) is 8.42 Å². The van der Waals surface area contributed by atoms with Crippen LogP contribution in [0.2, 0.25) is 0 Å². The van der Waals surface area contributed by atoms with Gasteiger partial charge >= 0.3 is 10.2 Å². The first kappa shape index (κ1) is 9.81. The van der Waals surface area contributed by atoms with Crippen LogP contribution in [0, 0.1) is 5.92 Å². The lowest BCUT2D eigenvalue weighted by Crippen LogP contribution is -2.05. The first-order valence-corrected chi connectivity index (χ1v) is 4.49. The molecule has 0 saturated carbocycles. The number of hydrogen-bond donors (Lipinski definition) is 0. The highest BCUT2D eigenvalue weighted by atomic mass is 32.3. The van der Waals surface area contributed by atoms with Crippen molar-refractivity contribution in [2.24, 2.45) is 5.92 Å². The zero-order valence-electron chi connectivity index (χ0n) is 5.68. The van der Waals surface area contributed by atoms with Crippen LogP contribution in [0.15, 0.2) is 0 Å². The second-order valence-electron chi connectivity index (χ2n) is 2.29. The molecule has 0 fully saturated rings. The highest BCUT2D eigenvalue weighted by molar-refractivity contribution is 7.86. The maximum atomic E-state index is 11.7. The van der Waals surface area contributed by atoms with E-state index in [4.69, 9.17) is 0 Å². The molecule has 1 atom stereocenters.